The van der Waals surface area contributed by atoms with Crippen LogP contribution in [0.1, 0.15) is 11.1 Å². The minimum absolute atomic E-state index is 0.740. The fraction of sp³-hybridized carbons (Fsp3) is 0.312. The molecule has 0 unspecified atom stereocenters. The fourth-order valence-electron chi connectivity index (χ4n) is 2.21. The van der Waals surface area contributed by atoms with Crippen molar-refractivity contribution in [3.63, 3.8) is 0 Å². The summed E-state index contributed by atoms with van der Waals surface area (Å²) in [6.07, 6.45) is 4.73. The summed E-state index contributed by atoms with van der Waals surface area (Å²) in [5, 5.41) is 2.75. The molecule has 0 amide bonds. The SMILES string of the molecule is CNC.c1cncc(-c2cccc3c2CCOC3)c1. The van der Waals surface area contributed by atoms with Gasteiger partial charge in [0.25, 0.3) is 0 Å². The van der Waals surface area contributed by atoms with Crippen LogP contribution in [-0.4, -0.2) is 25.7 Å². The predicted molar refractivity (Wildman–Crippen MR) is 78.0 cm³/mol. The lowest BCUT2D eigenvalue weighted by atomic mass is 9.93. The number of hydrogen-bond donors (Lipinski definition) is 1. The fourth-order valence-corrected chi connectivity index (χ4v) is 2.21. The van der Waals surface area contributed by atoms with E-state index in [1.165, 1.54) is 22.3 Å². The number of pyridine rings is 1. The number of hydrogen-bond acceptors (Lipinski definition) is 3. The van der Waals surface area contributed by atoms with Crippen molar-refractivity contribution in [2.75, 3.05) is 20.7 Å². The molecule has 1 aliphatic rings. The number of ether oxygens (including phenoxy) is 1. The van der Waals surface area contributed by atoms with E-state index in [9.17, 15) is 0 Å². The molecule has 1 N–H and O–H groups in total. The molecule has 3 nitrogen and oxygen atoms in total. The normalized spacial score (nSPS) is 13.2. The molecule has 2 aromatic rings. The van der Waals surface area contributed by atoms with Crippen LogP contribution in [-0.2, 0) is 17.8 Å². The van der Waals surface area contributed by atoms with Gasteiger partial charge in [0.1, 0.15) is 0 Å². The zero-order chi connectivity index (χ0) is 13.5. The lowest BCUT2D eigenvalue weighted by molar-refractivity contribution is 0.111. The topological polar surface area (TPSA) is 34.2 Å². The van der Waals surface area contributed by atoms with Gasteiger partial charge in [-0.3, -0.25) is 4.98 Å². The maximum atomic E-state index is 5.47. The molecule has 0 radical (unpaired) electrons. The van der Waals surface area contributed by atoms with Gasteiger partial charge in [-0.05, 0) is 43.3 Å². The molecule has 3 heteroatoms. The van der Waals surface area contributed by atoms with Crippen molar-refractivity contribution >= 4 is 0 Å². The van der Waals surface area contributed by atoms with E-state index in [0.717, 1.165) is 19.6 Å². The van der Waals surface area contributed by atoms with E-state index in [2.05, 4.69) is 34.6 Å². The quantitative estimate of drug-likeness (QED) is 0.851. The highest BCUT2D eigenvalue weighted by molar-refractivity contribution is 5.68. The van der Waals surface area contributed by atoms with E-state index in [1.807, 2.05) is 32.6 Å². The van der Waals surface area contributed by atoms with Gasteiger partial charge in [0.05, 0.1) is 13.2 Å². The highest BCUT2D eigenvalue weighted by atomic mass is 16.5. The maximum absolute atomic E-state index is 5.47. The van der Waals surface area contributed by atoms with Crippen molar-refractivity contribution in [3.05, 3.63) is 53.9 Å². The third kappa shape index (κ3) is 3.40. The van der Waals surface area contributed by atoms with Gasteiger partial charge in [0.2, 0.25) is 0 Å². The Morgan fingerprint density at radius 1 is 1.16 bits per heavy atom. The second kappa shape index (κ2) is 7.02. The van der Waals surface area contributed by atoms with Crippen molar-refractivity contribution in [3.8, 4) is 11.1 Å². The highest BCUT2D eigenvalue weighted by Gasteiger charge is 2.13. The van der Waals surface area contributed by atoms with E-state index >= 15 is 0 Å². The molecule has 1 aromatic heterocycles. The zero-order valence-electron chi connectivity index (χ0n) is 11.5. The molecule has 2 heterocycles. The maximum Gasteiger partial charge on any atom is 0.0719 e. The van der Waals surface area contributed by atoms with Gasteiger partial charge in [0, 0.05) is 18.0 Å². The first-order valence-electron chi connectivity index (χ1n) is 6.54. The molecule has 3 rings (SSSR count). The van der Waals surface area contributed by atoms with Crippen LogP contribution in [0.25, 0.3) is 11.1 Å². The summed E-state index contributed by atoms with van der Waals surface area (Å²) in [6.45, 7) is 1.56. The third-order valence-corrected chi connectivity index (χ3v) is 3.00. The molecule has 0 saturated carbocycles. The Bertz CT molecular complexity index is 511. The average Bonchev–Trinajstić information content (AvgIpc) is 2.48. The van der Waals surface area contributed by atoms with Crippen molar-refractivity contribution in [2.45, 2.75) is 13.0 Å². The molecule has 0 fully saturated rings. The lowest BCUT2D eigenvalue weighted by Crippen LogP contribution is -2.10. The number of benzene rings is 1. The zero-order valence-corrected chi connectivity index (χ0v) is 11.5. The van der Waals surface area contributed by atoms with Crippen LogP contribution in [0, 0.1) is 0 Å². The second-order valence-electron chi connectivity index (χ2n) is 4.49. The van der Waals surface area contributed by atoms with Gasteiger partial charge < -0.3 is 10.1 Å². The van der Waals surface area contributed by atoms with Gasteiger partial charge in [-0.15, -0.1) is 0 Å². The Kier molecular flexibility index (Phi) is 5.07. The Hall–Kier alpha value is -1.71. The molecule has 0 spiro atoms. The van der Waals surface area contributed by atoms with E-state index in [4.69, 9.17) is 4.74 Å². The first-order valence-corrected chi connectivity index (χ1v) is 6.54. The summed E-state index contributed by atoms with van der Waals surface area (Å²) in [5.74, 6) is 0. The summed E-state index contributed by atoms with van der Waals surface area (Å²) in [4.78, 5) is 4.18. The number of fused-ring (bicyclic) bond motifs is 1. The van der Waals surface area contributed by atoms with Gasteiger partial charge in [-0.25, -0.2) is 0 Å². The molecule has 1 aromatic carbocycles. The third-order valence-electron chi connectivity index (χ3n) is 3.00. The Balaban J connectivity index is 0.000000408. The van der Waals surface area contributed by atoms with Crippen LogP contribution in [0.15, 0.2) is 42.7 Å². The van der Waals surface area contributed by atoms with Gasteiger partial charge >= 0.3 is 0 Å². The van der Waals surface area contributed by atoms with Crippen LogP contribution in [0.3, 0.4) is 0 Å². The highest BCUT2D eigenvalue weighted by Crippen LogP contribution is 2.28. The summed E-state index contributed by atoms with van der Waals surface area (Å²) in [5.41, 5.74) is 5.23. The van der Waals surface area contributed by atoms with E-state index < -0.39 is 0 Å². The number of rotatable bonds is 1. The summed E-state index contributed by atoms with van der Waals surface area (Å²) in [6, 6.07) is 10.5. The largest absolute Gasteiger partial charge is 0.376 e. The van der Waals surface area contributed by atoms with Gasteiger partial charge in [-0.1, -0.05) is 24.3 Å². The van der Waals surface area contributed by atoms with Crippen molar-refractivity contribution in [1.82, 2.24) is 10.3 Å². The minimum atomic E-state index is 0.740. The van der Waals surface area contributed by atoms with Crippen LogP contribution >= 0.6 is 0 Å². The Morgan fingerprint density at radius 2 is 2.00 bits per heavy atom. The molecule has 0 saturated heterocycles. The van der Waals surface area contributed by atoms with Crippen molar-refractivity contribution in [2.24, 2.45) is 0 Å². The predicted octanol–water partition coefficient (Wildman–Crippen LogP) is 2.66. The molecular weight excluding hydrogens is 236 g/mol. The summed E-state index contributed by atoms with van der Waals surface area (Å²) in [7, 11) is 3.75. The first-order chi connectivity index (χ1) is 9.36. The molecule has 1 aliphatic heterocycles. The number of aromatic nitrogens is 1. The smallest absolute Gasteiger partial charge is 0.0719 e. The van der Waals surface area contributed by atoms with Crippen molar-refractivity contribution < 1.29 is 4.74 Å². The van der Waals surface area contributed by atoms with Gasteiger partial charge in [0.15, 0.2) is 0 Å². The molecular formula is C16H20N2O. The second-order valence-corrected chi connectivity index (χ2v) is 4.49. The average molecular weight is 256 g/mol. The molecule has 0 aliphatic carbocycles. The lowest BCUT2D eigenvalue weighted by Gasteiger charge is -2.19. The van der Waals surface area contributed by atoms with Crippen molar-refractivity contribution in [1.29, 1.82) is 0 Å². The molecule has 0 bridgehead atoms. The Labute approximate surface area is 114 Å². The van der Waals surface area contributed by atoms with Gasteiger partial charge in [-0.2, -0.15) is 0 Å². The van der Waals surface area contributed by atoms with E-state index in [0.29, 0.717) is 0 Å². The Morgan fingerprint density at radius 3 is 2.74 bits per heavy atom. The van der Waals surface area contributed by atoms with E-state index in [1.54, 1.807) is 0 Å². The van der Waals surface area contributed by atoms with Crippen LogP contribution in [0.4, 0.5) is 0 Å². The summed E-state index contributed by atoms with van der Waals surface area (Å²) >= 11 is 0. The first kappa shape index (κ1) is 13.7. The van der Waals surface area contributed by atoms with Crippen LogP contribution in [0.5, 0.6) is 0 Å². The summed E-state index contributed by atoms with van der Waals surface area (Å²) < 4.78 is 5.47. The molecule has 19 heavy (non-hydrogen) atoms. The molecule has 0 atom stereocenters. The van der Waals surface area contributed by atoms with Crippen LogP contribution in [0.2, 0.25) is 0 Å². The molecule has 100 valence electrons. The van der Waals surface area contributed by atoms with E-state index in [-0.39, 0.29) is 0 Å². The standard InChI is InChI=1S/C14H13NO.C2H7N/c1-3-12-10-16-8-6-14(12)13(5-1)11-4-2-7-15-9-11;1-3-2/h1-5,7,9H,6,8,10H2;3H,1-2H3. The monoisotopic (exact) mass is 256 g/mol. The number of nitrogens with one attached hydrogen (secondary N) is 1. The van der Waals surface area contributed by atoms with Crippen LogP contribution < -0.4 is 5.32 Å². The number of nitrogens with zero attached hydrogens (tertiary/aromatic N) is 1. The minimum Gasteiger partial charge on any atom is -0.376 e.